The van der Waals surface area contributed by atoms with Crippen molar-refractivity contribution in [1.29, 1.82) is 0 Å². The molecule has 0 spiro atoms. The molecule has 1 saturated carbocycles. The highest BCUT2D eigenvalue weighted by molar-refractivity contribution is 8.15. The molecule has 0 aromatic heterocycles. The molecular formula is C16H19N3O4S. The average Bonchev–Trinajstić information content (AvgIpc) is 3.31. The first-order valence-electron chi connectivity index (χ1n) is 7.66. The zero-order valence-electron chi connectivity index (χ0n) is 13.5. The van der Waals surface area contributed by atoms with Gasteiger partial charge in [0, 0.05) is 18.2 Å². The summed E-state index contributed by atoms with van der Waals surface area (Å²) in [5, 5.41) is 5.70. The van der Waals surface area contributed by atoms with Crippen LogP contribution in [0.15, 0.2) is 23.2 Å². The fourth-order valence-corrected chi connectivity index (χ4v) is 3.30. The second kappa shape index (κ2) is 7.12. The van der Waals surface area contributed by atoms with Gasteiger partial charge in [-0.3, -0.25) is 14.6 Å². The first-order valence-corrected chi connectivity index (χ1v) is 8.54. The number of carbonyl (C=O) groups excluding carboxylic acids is 2. The molecule has 2 N–H and O–H groups in total. The number of hydrogen-bond acceptors (Lipinski definition) is 6. The lowest BCUT2D eigenvalue weighted by atomic mass is 10.2. The third-order valence-corrected chi connectivity index (χ3v) is 4.76. The Labute approximate surface area is 144 Å². The van der Waals surface area contributed by atoms with Gasteiger partial charge in [0.15, 0.2) is 16.7 Å². The Bertz CT molecular complexity index is 688. The molecular weight excluding hydrogens is 330 g/mol. The molecule has 1 atom stereocenters. The Morgan fingerprint density at radius 2 is 2.08 bits per heavy atom. The molecule has 1 heterocycles. The van der Waals surface area contributed by atoms with E-state index in [1.165, 1.54) is 18.9 Å². The van der Waals surface area contributed by atoms with Crippen LogP contribution < -0.4 is 20.1 Å². The number of hydrogen-bond donors (Lipinski definition) is 2. The highest BCUT2D eigenvalue weighted by Gasteiger charge is 2.33. The van der Waals surface area contributed by atoms with Crippen LogP contribution in [0.1, 0.15) is 19.3 Å². The van der Waals surface area contributed by atoms with E-state index >= 15 is 0 Å². The molecule has 0 radical (unpaired) electrons. The van der Waals surface area contributed by atoms with Gasteiger partial charge in [0.05, 0.1) is 20.3 Å². The lowest BCUT2D eigenvalue weighted by Crippen LogP contribution is -2.28. The topological polar surface area (TPSA) is 89.0 Å². The molecule has 1 aromatic carbocycles. The minimum Gasteiger partial charge on any atom is -0.493 e. The first-order chi connectivity index (χ1) is 11.6. The molecule has 0 bridgehead atoms. The fraction of sp³-hybridized carbons (Fsp3) is 0.438. The van der Waals surface area contributed by atoms with Gasteiger partial charge in [-0.05, 0) is 25.0 Å². The van der Waals surface area contributed by atoms with Gasteiger partial charge in [-0.2, -0.15) is 0 Å². The number of thioether (sulfide) groups is 1. The molecule has 128 valence electrons. The standard InChI is InChI=1S/C16H19N3O4S/c1-22-11-6-5-10(7-12(11)23-2)17-14(20)8-13-15(21)19-16(24-13)18-9-3-4-9/h5-7,9,13H,3-4,8H2,1-2H3,(H,17,20)(H,18,19,21). The van der Waals surface area contributed by atoms with E-state index in [0.29, 0.717) is 28.4 Å². The first kappa shape index (κ1) is 16.6. The monoisotopic (exact) mass is 349 g/mol. The SMILES string of the molecule is COc1ccc(NC(=O)CC2SC(=NC3CC3)NC2=O)cc1OC. The number of benzene rings is 1. The predicted octanol–water partition coefficient (Wildman–Crippen LogP) is 1.78. The van der Waals surface area contributed by atoms with Gasteiger partial charge >= 0.3 is 0 Å². The van der Waals surface area contributed by atoms with Crippen LogP contribution in [0.25, 0.3) is 0 Å². The summed E-state index contributed by atoms with van der Waals surface area (Å²) < 4.78 is 10.4. The minimum atomic E-state index is -0.442. The highest BCUT2D eigenvalue weighted by atomic mass is 32.2. The third-order valence-electron chi connectivity index (χ3n) is 3.66. The maximum absolute atomic E-state index is 12.2. The number of amidine groups is 1. The normalized spacial score (nSPS) is 21.5. The number of ether oxygens (including phenoxy) is 2. The van der Waals surface area contributed by atoms with Crippen LogP contribution in [0.4, 0.5) is 5.69 Å². The van der Waals surface area contributed by atoms with E-state index < -0.39 is 5.25 Å². The van der Waals surface area contributed by atoms with Gasteiger partial charge in [0.1, 0.15) is 5.25 Å². The number of aliphatic imine (C=N–C) groups is 1. The molecule has 1 saturated heterocycles. The van der Waals surface area contributed by atoms with Crippen LogP contribution >= 0.6 is 11.8 Å². The van der Waals surface area contributed by atoms with E-state index in [-0.39, 0.29) is 18.2 Å². The van der Waals surface area contributed by atoms with E-state index in [4.69, 9.17) is 9.47 Å². The van der Waals surface area contributed by atoms with E-state index in [9.17, 15) is 9.59 Å². The van der Waals surface area contributed by atoms with Gasteiger partial charge in [-0.15, -0.1) is 0 Å². The zero-order valence-corrected chi connectivity index (χ0v) is 14.3. The Morgan fingerprint density at radius 1 is 1.33 bits per heavy atom. The number of methoxy groups -OCH3 is 2. The molecule has 2 aliphatic rings. The molecule has 1 aromatic rings. The van der Waals surface area contributed by atoms with Crippen molar-refractivity contribution in [2.24, 2.45) is 4.99 Å². The summed E-state index contributed by atoms with van der Waals surface area (Å²) in [6, 6.07) is 5.46. The maximum atomic E-state index is 12.2. The van der Waals surface area contributed by atoms with Crippen molar-refractivity contribution in [3.8, 4) is 11.5 Å². The Kier molecular flexibility index (Phi) is 4.94. The van der Waals surface area contributed by atoms with Gasteiger partial charge in [0.2, 0.25) is 11.8 Å². The van der Waals surface area contributed by atoms with Crippen LogP contribution in [0.3, 0.4) is 0 Å². The molecule has 1 aliphatic carbocycles. The molecule has 7 nitrogen and oxygen atoms in total. The molecule has 1 aliphatic heterocycles. The number of rotatable bonds is 6. The summed E-state index contributed by atoms with van der Waals surface area (Å²) in [6.07, 6.45) is 2.24. The van der Waals surface area contributed by atoms with Crippen LogP contribution in [0, 0.1) is 0 Å². The van der Waals surface area contributed by atoms with Crippen molar-refractivity contribution < 1.29 is 19.1 Å². The van der Waals surface area contributed by atoms with Gasteiger partial charge in [-0.25, -0.2) is 0 Å². The molecule has 2 amide bonds. The summed E-state index contributed by atoms with van der Waals surface area (Å²) in [6.45, 7) is 0. The Balaban J connectivity index is 1.58. The average molecular weight is 349 g/mol. The van der Waals surface area contributed by atoms with Crippen molar-refractivity contribution >= 4 is 34.4 Å². The molecule has 8 heteroatoms. The smallest absolute Gasteiger partial charge is 0.240 e. The van der Waals surface area contributed by atoms with Crippen molar-refractivity contribution in [3.05, 3.63) is 18.2 Å². The van der Waals surface area contributed by atoms with Crippen molar-refractivity contribution in [2.75, 3.05) is 19.5 Å². The molecule has 1 unspecified atom stereocenters. The summed E-state index contributed by atoms with van der Waals surface area (Å²) >= 11 is 1.32. The Hall–Kier alpha value is -2.22. The van der Waals surface area contributed by atoms with Gasteiger partial charge in [-0.1, -0.05) is 11.8 Å². The summed E-state index contributed by atoms with van der Waals surface area (Å²) in [4.78, 5) is 28.5. The number of carbonyl (C=O) groups is 2. The summed E-state index contributed by atoms with van der Waals surface area (Å²) in [5.74, 6) is 0.716. The number of anilines is 1. The summed E-state index contributed by atoms with van der Waals surface area (Å²) in [5.41, 5.74) is 0.591. The zero-order chi connectivity index (χ0) is 17.1. The van der Waals surface area contributed by atoms with E-state index in [0.717, 1.165) is 12.8 Å². The lowest BCUT2D eigenvalue weighted by molar-refractivity contribution is -0.122. The van der Waals surface area contributed by atoms with Crippen LogP contribution in [0.2, 0.25) is 0 Å². The molecule has 2 fully saturated rings. The predicted molar refractivity (Wildman–Crippen MR) is 92.8 cm³/mol. The number of nitrogens with one attached hydrogen (secondary N) is 2. The number of amides is 2. The molecule has 3 rings (SSSR count). The highest BCUT2D eigenvalue weighted by Crippen LogP contribution is 2.31. The van der Waals surface area contributed by atoms with E-state index in [2.05, 4.69) is 15.6 Å². The van der Waals surface area contributed by atoms with E-state index in [1.807, 2.05) is 0 Å². The summed E-state index contributed by atoms with van der Waals surface area (Å²) in [7, 11) is 3.08. The quantitative estimate of drug-likeness (QED) is 0.817. The van der Waals surface area contributed by atoms with E-state index in [1.54, 1.807) is 25.3 Å². The lowest BCUT2D eigenvalue weighted by Gasteiger charge is -2.11. The molecule has 24 heavy (non-hydrogen) atoms. The second-order valence-corrected chi connectivity index (χ2v) is 6.77. The van der Waals surface area contributed by atoms with Crippen LogP contribution in [-0.4, -0.2) is 42.5 Å². The van der Waals surface area contributed by atoms with Gasteiger partial charge in [0.25, 0.3) is 0 Å². The second-order valence-electron chi connectivity index (χ2n) is 5.58. The maximum Gasteiger partial charge on any atom is 0.240 e. The van der Waals surface area contributed by atoms with Crippen molar-refractivity contribution in [3.63, 3.8) is 0 Å². The van der Waals surface area contributed by atoms with Crippen molar-refractivity contribution in [2.45, 2.75) is 30.6 Å². The minimum absolute atomic E-state index is 0.0918. The number of nitrogens with zero attached hydrogens (tertiary/aromatic N) is 1. The van der Waals surface area contributed by atoms with Gasteiger partial charge < -0.3 is 20.1 Å². The Morgan fingerprint density at radius 3 is 2.75 bits per heavy atom. The van der Waals surface area contributed by atoms with Crippen LogP contribution in [0.5, 0.6) is 11.5 Å². The van der Waals surface area contributed by atoms with Crippen LogP contribution in [-0.2, 0) is 9.59 Å². The third kappa shape index (κ3) is 4.00. The van der Waals surface area contributed by atoms with Crippen molar-refractivity contribution in [1.82, 2.24) is 5.32 Å². The largest absolute Gasteiger partial charge is 0.493 e. The fourth-order valence-electron chi connectivity index (χ4n) is 2.26.